The van der Waals surface area contributed by atoms with E-state index in [1.54, 1.807) is 6.08 Å². The molecular weight excluding hydrogens is 394 g/mol. The lowest BCUT2D eigenvalue weighted by Gasteiger charge is -2.28. The molecule has 0 aromatic carbocycles. The zero-order chi connectivity index (χ0) is 23.4. The number of ether oxygens (including phenoxy) is 1. The van der Waals surface area contributed by atoms with E-state index in [0.717, 1.165) is 25.7 Å². The molecule has 0 saturated carbocycles. The van der Waals surface area contributed by atoms with Crippen LogP contribution >= 0.6 is 0 Å². The maximum atomic E-state index is 11.9. The van der Waals surface area contributed by atoms with Gasteiger partial charge < -0.3 is 24.2 Å². The van der Waals surface area contributed by atoms with E-state index in [4.69, 9.17) is 9.84 Å². The molecule has 0 aliphatic heterocycles. The number of unbranched alkanes of at least 4 members (excludes halogenated alkanes) is 11. The Kier molecular flexibility index (Phi) is 18.0. The quantitative estimate of drug-likeness (QED) is 0.103. The molecule has 0 fully saturated rings. The lowest BCUT2D eigenvalue weighted by Crippen LogP contribution is -2.45. The van der Waals surface area contributed by atoms with Crippen LogP contribution in [-0.2, 0) is 14.3 Å². The van der Waals surface area contributed by atoms with Gasteiger partial charge in [0.2, 0.25) is 0 Å². The fourth-order valence-electron chi connectivity index (χ4n) is 3.42. The Morgan fingerprint density at radius 1 is 0.871 bits per heavy atom. The van der Waals surface area contributed by atoms with Crippen LogP contribution < -0.4 is 5.11 Å². The van der Waals surface area contributed by atoms with Crippen molar-refractivity contribution in [2.75, 3.05) is 34.3 Å². The van der Waals surface area contributed by atoms with Gasteiger partial charge in [0.15, 0.2) is 6.10 Å². The minimum Gasteiger partial charge on any atom is -0.550 e. The summed E-state index contributed by atoms with van der Waals surface area (Å²) < 4.78 is 5.76. The summed E-state index contributed by atoms with van der Waals surface area (Å²) in [6.45, 7) is 0.732. The van der Waals surface area contributed by atoms with Gasteiger partial charge in [0, 0.05) is 25.1 Å². The number of quaternary nitrogens is 1. The van der Waals surface area contributed by atoms with Crippen molar-refractivity contribution in [1.29, 1.82) is 0 Å². The summed E-state index contributed by atoms with van der Waals surface area (Å²) in [6.07, 6.45) is 20.4. The number of carboxylic acids is 1. The van der Waals surface area contributed by atoms with E-state index in [1.165, 1.54) is 57.4 Å². The van der Waals surface area contributed by atoms with E-state index >= 15 is 0 Å². The van der Waals surface area contributed by atoms with Gasteiger partial charge >= 0.3 is 5.97 Å². The van der Waals surface area contributed by atoms with E-state index in [1.807, 2.05) is 33.3 Å². The topological polar surface area (TPSA) is 86.7 Å². The van der Waals surface area contributed by atoms with E-state index in [0.29, 0.717) is 17.6 Å². The number of allylic oxidation sites excluding steroid dienone is 3. The smallest absolute Gasteiger partial charge is 0.331 e. The summed E-state index contributed by atoms with van der Waals surface area (Å²) in [4.78, 5) is 22.7. The molecule has 1 unspecified atom stereocenters. The summed E-state index contributed by atoms with van der Waals surface area (Å²) in [6, 6.07) is 0. The minimum absolute atomic E-state index is 0.296. The van der Waals surface area contributed by atoms with Crippen molar-refractivity contribution >= 4 is 11.9 Å². The number of carbonyl (C=O) groups is 2. The van der Waals surface area contributed by atoms with Gasteiger partial charge in [-0.15, -0.1) is 0 Å². The Morgan fingerprint density at radius 3 is 1.87 bits per heavy atom. The summed E-state index contributed by atoms with van der Waals surface area (Å²) in [5.41, 5.74) is 0. The van der Waals surface area contributed by atoms with Crippen molar-refractivity contribution in [3.8, 4) is 0 Å². The molecule has 0 aliphatic rings. The summed E-state index contributed by atoms with van der Waals surface area (Å²) >= 11 is 0. The molecule has 0 rings (SSSR count). The van der Waals surface area contributed by atoms with Crippen LogP contribution in [0.1, 0.15) is 83.5 Å². The molecule has 0 aromatic heterocycles. The van der Waals surface area contributed by atoms with Crippen LogP contribution in [0, 0.1) is 0 Å². The Balaban J connectivity index is 3.76. The van der Waals surface area contributed by atoms with E-state index in [9.17, 15) is 14.7 Å². The van der Waals surface area contributed by atoms with E-state index in [2.05, 4.69) is 0 Å². The van der Waals surface area contributed by atoms with Crippen molar-refractivity contribution in [2.45, 2.75) is 89.6 Å². The van der Waals surface area contributed by atoms with Gasteiger partial charge in [-0.1, -0.05) is 76.0 Å². The minimum atomic E-state index is -1.22. The van der Waals surface area contributed by atoms with Gasteiger partial charge in [-0.25, -0.2) is 4.79 Å². The molecule has 0 radical (unpaired) electrons. The number of aliphatic hydroxyl groups is 1. The molecule has 0 amide bonds. The molecule has 6 nitrogen and oxygen atoms in total. The van der Waals surface area contributed by atoms with Crippen molar-refractivity contribution < 1.29 is 29.0 Å². The molecule has 0 aromatic rings. The first kappa shape index (κ1) is 29.3. The highest BCUT2D eigenvalue weighted by Gasteiger charge is 2.21. The summed E-state index contributed by atoms with van der Waals surface area (Å²) in [5.74, 6) is -1.75. The maximum Gasteiger partial charge on any atom is 0.331 e. The lowest BCUT2D eigenvalue weighted by molar-refractivity contribution is -0.873. The number of nitrogens with zero attached hydrogens (tertiary/aromatic N) is 1. The van der Waals surface area contributed by atoms with Gasteiger partial charge in [0.05, 0.1) is 21.1 Å². The molecule has 180 valence electrons. The second-order valence-electron chi connectivity index (χ2n) is 9.30. The zero-order valence-corrected chi connectivity index (χ0v) is 20.0. The van der Waals surface area contributed by atoms with Gasteiger partial charge in [-0.2, -0.15) is 0 Å². The Morgan fingerprint density at radius 2 is 1.39 bits per heavy atom. The molecule has 31 heavy (non-hydrogen) atoms. The number of carboxylic acid groups (broad SMARTS) is 1. The standard InChI is InChI=1S/C25H45NO5/c1-26(2,3)22-23(21-24(28)29)31-25(30)19-17-15-13-11-9-7-5-4-6-8-10-12-14-16-18-20-27/h13,15,17,19,23,27H,4-12,14,16,18,20-22H2,1-3H3. The Labute approximate surface area is 189 Å². The summed E-state index contributed by atoms with van der Waals surface area (Å²) in [7, 11) is 5.74. The van der Waals surface area contributed by atoms with Gasteiger partial charge in [-0.05, 0) is 19.3 Å². The molecule has 0 bridgehead atoms. The second-order valence-corrected chi connectivity index (χ2v) is 9.30. The van der Waals surface area contributed by atoms with Gasteiger partial charge in [0.1, 0.15) is 6.54 Å². The van der Waals surface area contributed by atoms with E-state index < -0.39 is 18.0 Å². The van der Waals surface area contributed by atoms with Crippen LogP contribution in [0.25, 0.3) is 0 Å². The van der Waals surface area contributed by atoms with Crippen LogP contribution in [0.4, 0.5) is 0 Å². The number of aliphatic carboxylic acids is 1. The molecule has 0 saturated heterocycles. The number of hydrogen-bond donors (Lipinski definition) is 1. The van der Waals surface area contributed by atoms with Crippen LogP contribution in [0.5, 0.6) is 0 Å². The average molecular weight is 440 g/mol. The third-order valence-electron chi connectivity index (χ3n) is 4.94. The number of carbonyl (C=O) groups excluding carboxylic acids is 2. The molecule has 0 aliphatic carbocycles. The van der Waals surface area contributed by atoms with Crippen LogP contribution in [-0.4, -0.2) is 61.9 Å². The first-order valence-corrected chi connectivity index (χ1v) is 11.9. The fraction of sp³-hybridized carbons (Fsp3) is 0.760. The normalized spacial score (nSPS) is 13.2. The second kappa shape index (κ2) is 19.1. The SMILES string of the molecule is C[N+](C)(C)CC(CC(=O)[O-])OC(=O)C=CC=CCCCCCCCCCCCCCO. The predicted octanol–water partition coefficient (Wildman–Crippen LogP) is 3.53. The first-order chi connectivity index (χ1) is 14.7. The van der Waals surface area contributed by atoms with Crippen molar-refractivity contribution in [1.82, 2.24) is 0 Å². The highest BCUT2D eigenvalue weighted by molar-refractivity contribution is 5.82. The zero-order valence-electron chi connectivity index (χ0n) is 20.0. The predicted molar refractivity (Wildman–Crippen MR) is 123 cm³/mol. The highest BCUT2D eigenvalue weighted by Crippen LogP contribution is 2.12. The number of rotatable bonds is 20. The molecule has 1 N–H and O–H groups in total. The monoisotopic (exact) mass is 439 g/mol. The van der Waals surface area contributed by atoms with Crippen molar-refractivity contribution in [3.63, 3.8) is 0 Å². The van der Waals surface area contributed by atoms with Gasteiger partial charge in [0.25, 0.3) is 0 Å². The third kappa shape index (κ3) is 22.8. The largest absolute Gasteiger partial charge is 0.550 e. The van der Waals surface area contributed by atoms with Gasteiger partial charge in [-0.3, -0.25) is 0 Å². The van der Waals surface area contributed by atoms with Crippen LogP contribution in [0.3, 0.4) is 0 Å². The van der Waals surface area contributed by atoms with Crippen LogP contribution in [0.2, 0.25) is 0 Å². The first-order valence-electron chi connectivity index (χ1n) is 11.9. The Hall–Kier alpha value is -1.66. The molecule has 0 heterocycles. The highest BCUT2D eigenvalue weighted by atomic mass is 16.5. The third-order valence-corrected chi connectivity index (χ3v) is 4.94. The number of hydrogen-bond acceptors (Lipinski definition) is 5. The Bertz CT molecular complexity index is 522. The fourth-order valence-corrected chi connectivity index (χ4v) is 3.42. The van der Waals surface area contributed by atoms with Crippen LogP contribution in [0.15, 0.2) is 24.3 Å². The van der Waals surface area contributed by atoms with Crippen molar-refractivity contribution in [2.24, 2.45) is 0 Å². The lowest BCUT2D eigenvalue weighted by atomic mass is 10.1. The molecular formula is C25H45NO5. The molecule has 0 spiro atoms. The number of esters is 1. The van der Waals surface area contributed by atoms with Crippen molar-refractivity contribution in [3.05, 3.63) is 24.3 Å². The molecule has 6 heteroatoms. The van der Waals surface area contributed by atoms with E-state index in [-0.39, 0.29) is 6.42 Å². The number of likely N-dealkylation sites (N-methyl/N-ethyl adjacent to an activating group) is 1. The number of aliphatic hydroxyl groups excluding tert-OH is 1. The summed E-state index contributed by atoms with van der Waals surface area (Å²) in [5, 5.41) is 19.6. The average Bonchev–Trinajstić information content (AvgIpc) is 2.65. The maximum absolute atomic E-state index is 11.9. The molecule has 1 atom stereocenters.